The Kier molecular flexibility index (Phi) is 3.44. The van der Waals surface area contributed by atoms with E-state index in [2.05, 4.69) is 5.32 Å². The Balaban J connectivity index is 1.85. The van der Waals surface area contributed by atoms with Crippen molar-refractivity contribution in [1.29, 1.82) is 0 Å². The number of hydrogen-bond acceptors (Lipinski definition) is 3. The van der Waals surface area contributed by atoms with E-state index in [0.717, 1.165) is 31.5 Å². The Bertz CT molecular complexity index is 556. The summed E-state index contributed by atoms with van der Waals surface area (Å²) in [4.78, 5) is 25.2. The zero-order valence-corrected chi connectivity index (χ0v) is 11.3. The van der Waals surface area contributed by atoms with Crippen molar-refractivity contribution < 1.29 is 14.7 Å². The van der Waals surface area contributed by atoms with Gasteiger partial charge >= 0.3 is 5.97 Å². The summed E-state index contributed by atoms with van der Waals surface area (Å²) in [7, 11) is 0. The average Bonchev–Trinajstić information content (AvgIpc) is 2.95. The van der Waals surface area contributed by atoms with Crippen LogP contribution >= 0.6 is 0 Å². The zero-order chi connectivity index (χ0) is 14.1. The van der Waals surface area contributed by atoms with Crippen LogP contribution in [0.3, 0.4) is 0 Å². The molecule has 2 aliphatic rings. The lowest BCUT2D eigenvalue weighted by atomic mass is 9.98. The van der Waals surface area contributed by atoms with E-state index < -0.39 is 12.0 Å². The second kappa shape index (κ2) is 5.25. The molecule has 1 aromatic rings. The van der Waals surface area contributed by atoms with Gasteiger partial charge in [-0.3, -0.25) is 4.79 Å². The van der Waals surface area contributed by atoms with E-state index in [1.165, 1.54) is 10.5 Å². The second-order valence-corrected chi connectivity index (χ2v) is 5.41. The molecule has 5 nitrogen and oxygen atoms in total. The van der Waals surface area contributed by atoms with Gasteiger partial charge in [0.25, 0.3) is 5.91 Å². The largest absolute Gasteiger partial charge is 0.480 e. The number of rotatable bonds is 2. The fourth-order valence-corrected chi connectivity index (χ4v) is 3.05. The number of aliphatic carboxylic acids is 1. The molecule has 20 heavy (non-hydrogen) atoms. The lowest BCUT2D eigenvalue weighted by Crippen LogP contribution is -2.40. The van der Waals surface area contributed by atoms with Gasteiger partial charge in [0.1, 0.15) is 6.04 Å². The SMILES string of the molecule is O=C(O)[C@H]1CCCN1C(=O)c1ccc2c(c1)CNCC2. The molecule has 5 heteroatoms. The van der Waals surface area contributed by atoms with Crippen LogP contribution in [-0.4, -0.2) is 41.0 Å². The van der Waals surface area contributed by atoms with Crippen molar-refractivity contribution in [2.45, 2.75) is 31.8 Å². The summed E-state index contributed by atoms with van der Waals surface area (Å²) in [5.74, 6) is -1.07. The van der Waals surface area contributed by atoms with Crippen molar-refractivity contribution in [3.8, 4) is 0 Å². The van der Waals surface area contributed by atoms with Crippen LogP contribution in [0.25, 0.3) is 0 Å². The van der Waals surface area contributed by atoms with Crippen LogP contribution in [0.5, 0.6) is 0 Å². The van der Waals surface area contributed by atoms with Crippen molar-refractivity contribution in [3.63, 3.8) is 0 Å². The maximum Gasteiger partial charge on any atom is 0.326 e. The molecular weight excluding hydrogens is 256 g/mol. The number of carbonyl (C=O) groups excluding carboxylic acids is 1. The Morgan fingerprint density at radius 1 is 1.30 bits per heavy atom. The van der Waals surface area contributed by atoms with Crippen molar-refractivity contribution in [2.24, 2.45) is 0 Å². The molecule has 1 atom stereocenters. The van der Waals surface area contributed by atoms with Gasteiger partial charge in [0, 0.05) is 18.7 Å². The minimum Gasteiger partial charge on any atom is -0.480 e. The highest BCUT2D eigenvalue weighted by atomic mass is 16.4. The first-order valence-corrected chi connectivity index (χ1v) is 7.03. The summed E-state index contributed by atoms with van der Waals surface area (Å²) >= 11 is 0. The summed E-state index contributed by atoms with van der Waals surface area (Å²) in [6.45, 7) is 2.28. The third-order valence-corrected chi connectivity index (χ3v) is 4.14. The minimum absolute atomic E-state index is 0.164. The van der Waals surface area contributed by atoms with Gasteiger partial charge in [0.2, 0.25) is 0 Å². The van der Waals surface area contributed by atoms with E-state index in [0.29, 0.717) is 18.5 Å². The van der Waals surface area contributed by atoms with Crippen molar-refractivity contribution in [1.82, 2.24) is 10.2 Å². The lowest BCUT2D eigenvalue weighted by Gasteiger charge is -2.23. The van der Waals surface area contributed by atoms with E-state index in [1.54, 1.807) is 0 Å². The van der Waals surface area contributed by atoms with Crippen LogP contribution in [0.1, 0.15) is 34.3 Å². The summed E-state index contributed by atoms with van der Waals surface area (Å²) in [6, 6.07) is 5.05. The predicted octanol–water partition coefficient (Wildman–Crippen LogP) is 1.02. The Hall–Kier alpha value is -1.88. The Morgan fingerprint density at radius 2 is 2.15 bits per heavy atom. The molecule has 1 amide bonds. The van der Waals surface area contributed by atoms with Gasteiger partial charge < -0.3 is 15.3 Å². The number of carboxylic acid groups (broad SMARTS) is 1. The van der Waals surface area contributed by atoms with Crippen molar-refractivity contribution in [3.05, 3.63) is 34.9 Å². The van der Waals surface area contributed by atoms with E-state index in [9.17, 15) is 9.59 Å². The van der Waals surface area contributed by atoms with Crippen LogP contribution in [-0.2, 0) is 17.8 Å². The normalized spacial score (nSPS) is 21.6. The quantitative estimate of drug-likeness (QED) is 0.845. The molecule has 0 saturated carbocycles. The van der Waals surface area contributed by atoms with Gasteiger partial charge in [0.05, 0.1) is 0 Å². The van der Waals surface area contributed by atoms with E-state index in [1.807, 2.05) is 18.2 Å². The third kappa shape index (κ3) is 2.29. The maximum atomic E-state index is 12.5. The molecule has 106 valence electrons. The number of benzene rings is 1. The van der Waals surface area contributed by atoms with E-state index >= 15 is 0 Å². The molecule has 1 aromatic carbocycles. The average molecular weight is 274 g/mol. The number of fused-ring (bicyclic) bond motifs is 1. The number of nitrogens with one attached hydrogen (secondary N) is 1. The van der Waals surface area contributed by atoms with Gasteiger partial charge in [-0.25, -0.2) is 4.79 Å². The minimum atomic E-state index is -0.907. The topological polar surface area (TPSA) is 69.6 Å². The predicted molar refractivity (Wildman–Crippen MR) is 73.5 cm³/mol. The molecule has 0 aliphatic carbocycles. The van der Waals surface area contributed by atoms with Crippen LogP contribution in [0.2, 0.25) is 0 Å². The van der Waals surface area contributed by atoms with Crippen LogP contribution in [0, 0.1) is 0 Å². The summed E-state index contributed by atoms with van der Waals surface area (Å²) < 4.78 is 0. The summed E-state index contributed by atoms with van der Waals surface area (Å²) in [5, 5.41) is 12.5. The third-order valence-electron chi connectivity index (χ3n) is 4.14. The number of carbonyl (C=O) groups is 2. The number of carboxylic acids is 1. The molecule has 1 saturated heterocycles. The second-order valence-electron chi connectivity index (χ2n) is 5.41. The molecule has 3 rings (SSSR count). The van der Waals surface area contributed by atoms with E-state index in [4.69, 9.17) is 5.11 Å². The number of likely N-dealkylation sites (tertiary alicyclic amines) is 1. The van der Waals surface area contributed by atoms with Crippen LogP contribution in [0.4, 0.5) is 0 Å². The van der Waals surface area contributed by atoms with Gasteiger partial charge in [-0.2, -0.15) is 0 Å². The Labute approximate surface area is 117 Å². The standard InChI is InChI=1S/C15H18N2O3/c18-14(17-7-1-2-13(17)15(19)20)11-4-3-10-5-6-16-9-12(10)8-11/h3-4,8,13,16H,1-2,5-7,9H2,(H,19,20)/t13-/m1/s1. The molecular formula is C15H18N2O3. The summed E-state index contributed by atoms with van der Waals surface area (Å²) in [5.41, 5.74) is 3.02. The fourth-order valence-electron chi connectivity index (χ4n) is 3.05. The molecule has 0 spiro atoms. The molecule has 0 radical (unpaired) electrons. The van der Waals surface area contributed by atoms with Crippen LogP contribution < -0.4 is 5.32 Å². The number of hydrogen-bond donors (Lipinski definition) is 2. The smallest absolute Gasteiger partial charge is 0.326 e. The van der Waals surface area contributed by atoms with Crippen LogP contribution in [0.15, 0.2) is 18.2 Å². The molecule has 1 fully saturated rings. The molecule has 2 heterocycles. The maximum absolute atomic E-state index is 12.5. The molecule has 0 unspecified atom stereocenters. The number of amides is 1. The fraction of sp³-hybridized carbons (Fsp3) is 0.467. The van der Waals surface area contributed by atoms with Crippen molar-refractivity contribution >= 4 is 11.9 Å². The highest BCUT2D eigenvalue weighted by Gasteiger charge is 2.34. The van der Waals surface area contributed by atoms with E-state index in [-0.39, 0.29) is 5.91 Å². The van der Waals surface area contributed by atoms with Gasteiger partial charge in [-0.1, -0.05) is 6.07 Å². The molecule has 0 aromatic heterocycles. The molecule has 0 bridgehead atoms. The highest BCUT2D eigenvalue weighted by molar-refractivity contribution is 5.97. The highest BCUT2D eigenvalue weighted by Crippen LogP contribution is 2.22. The van der Waals surface area contributed by atoms with Gasteiger partial charge in [-0.15, -0.1) is 0 Å². The summed E-state index contributed by atoms with van der Waals surface area (Å²) in [6.07, 6.45) is 2.29. The lowest BCUT2D eigenvalue weighted by molar-refractivity contribution is -0.141. The Morgan fingerprint density at radius 3 is 2.95 bits per heavy atom. The molecule has 2 aliphatic heterocycles. The van der Waals surface area contributed by atoms with Gasteiger partial charge in [-0.05, 0) is 49.1 Å². The monoisotopic (exact) mass is 274 g/mol. The van der Waals surface area contributed by atoms with Crippen molar-refractivity contribution in [2.75, 3.05) is 13.1 Å². The zero-order valence-electron chi connectivity index (χ0n) is 11.3. The first kappa shape index (κ1) is 13.1. The number of nitrogens with zero attached hydrogens (tertiary/aromatic N) is 1. The molecule has 2 N–H and O–H groups in total. The first-order chi connectivity index (χ1) is 9.66. The van der Waals surface area contributed by atoms with Gasteiger partial charge in [0.15, 0.2) is 0 Å². The first-order valence-electron chi connectivity index (χ1n) is 7.03.